The largest absolute Gasteiger partial charge is 0.396 e. The fourth-order valence-electron chi connectivity index (χ4n) is 2.44. The lowest BCUT2D eigenvalue weighted by atomic mass is 10.2. The summed E-state index contributed by atoms with van der Waals surface area (Å²) >= 11 is 0. The van der Waals surface area contributed by atoms with Gasteiger partial charge in [0.15, 0.2) is 0 Å². The highest BCUT2D eigenvalue weighted by atomic mass is 16.3. The molecule has 2 aromatic carbocycles. The summed E-state index contributed by atoms with van der Waals surface area (Å²) in [6.45, 7) is 0.162. The van der Waals surface area contributed by atoms with E-state index in [1.165, 1.54) is 16.5 Å². The molecule has 3 aromatic rings. The van der Waals surface area contributed by atoms with Gasteiger partial charge in [0, 0.05) is 30.3 Å². The Morgan fingerprint density at radius 1 is 0.950 bits per heavy atom. The van der Waals surface area contributed by atoms with E-state index in [9.17, 15) is 5.11 Å². The van der Waals surface area contributed by atoms with Crippen LogP contribution < -0.4 is 0 Å². The molecule has 0 saturated carbocycles. The minimum Gasteiger partial charge on any atom is -0.396 e. The van der Waals surface area contributed by atoms with Gasteiger partial charge in [-0.25, -0.2) is 0 Å². The van der Waals surface area contributed by atoms with Gasteiger partial charge in [0.25, 0.3) is 0 Å². The number of para-hydroxylation sites is 1. The minimum atomic E-state index is 0.162. The number of hydrogen-bond donors (Lipinski definition) is 1. The number of aliphatic hydroxyl groups excluding tert-OH is 1. The maximum Gasteiger partial charge on any atom is 0.0525 e. The van der Waals surface area contributed by atoms with Crippen molar-refractivity contribution in [2.45, 2.75) is 6.42 Å². The molecule has 1 heterocycles. The van der Waals surface area contributed by atoms with Crippen molar-refractivity contribution in [2.75, 3.05) is 6.61 Å². The zero-order valence-corrected chi connectivity index (χ0v) is 11.2. The predicted octanol–water partition coefficient (Wildman–Crippen LogP) is 3.80. The Morgan fingerprint density at radius 2 is 1.70 bits per heavy atom. The van der Waals surface area contributed by atoms with E-state index >= 15 is 0 Å². The third-order valence-electron chi connectivity index (χ3n) is 3.41. The molecule has 2 heteroatoms. The highest BCUT2D eigenvalue weighted by molar-refractivity contribution is 5.84. The highest BCUT2D eigenvalue weighted by Crippen LogP contribution is 2.21. The van der Waals surface area contributed by atoms with Crippen LogP contribution in [0.25, 0.3) is 23.2 Å². The molecule has 0 atom stereocenters. The van der Waals surface area contributed by atoms with Crippen molar-refractivity contribution < 1.29 is 5.11 Å². The molecule has 0 spiro atoms. The molecule has 100 valence electrons. The monoisotopic (exact) mass is 263 g/mol. The third-order valence-corrected chi connectivity index (χ3v) is 3.41. The van der Waals surface area contributed by atoms with Gasteiger partial charge in [-0.1, -0.05) is 48.5 Å². The zero-order valence-electron chi connectivity index (χ0n) is 11.2. The topological polar surface area (TPSA) is 25.2 Å². The van der Waals surface area contributed by atoms with E-state index in [4.69, 9.17) is 0 Å². The molecular formula is C18H17NO. The van der Waals surface area contributed by atoms with Gasteiger partial charge < -0.3 is 9.67 Å². The lowest BCUT2D eigenvalue weighted by molar-refractivity contribution is 0.298. The van der Waals surface area contributed by atoms with E-state index in [0.29, 0.717) is 6.42 Å². The first kappa shape index (κ1) is 12.7. The van der Waals surface area contributed by atoms with Gasteiger partial charge in [-0.15, -0.1) is 0 Å². The predicted molar refractivity (Wildman–Crippen MR) is 84.4 cm³/mol. The fraction of sp³-hybridized carbons (Fsp3) is 0.111. The number of fused-ring (bicyclic) bond motifs is 1. The van der Waals surface area contributed by atoms with E-state index in [2.05, 4.69) is 47.2 Å². The van der Waals surface area contributed by atoms with Crippen molar-refractivity contribution in [3.05, 3.63) is 71.9 Å². The molecule has 3 rings (SSSR count). The molecule has 0 radical (unpaired) electrons. The SMILES string of the molecule is OCCc1cc2ccccc2n1C=Cc1ccccc1. The van der Waals surface area contributed by atoms with Crippen molar-refractivity contribution in [1.82, 2.24) is 4.57 Å². The van der Waals surface area contributed by atoms with Crippen LogP contribution in [0.1, 0.15) is 11.3 Å². The Kier molecular flexibility index (Phi) is 3.66. The third kappa shape index (κ3) is 2.51. The molecule has 0 aliphatic heterocycles. The summed E-state index contributed by atoms with van der Waals surface area (Å²) in [4.78, 5) is 0. The maximum atomic E-state index is 9.22. The van der Waals surface area contributed by atoms with Crippen LogP contribution in [-0.2, 0) is 6.42 Å². The van der Waals surface area contributed by atoms with Gasteiger partial charge in [-0.3, -0.25) is 0 Å². The normalized spacial score (nSPS) is 11.4. The van der Waals surface area contributed by atoms with Crippen LogP contribution in [0.2, 0.25) is 0 Å². The van der Waals surface area contributed by atoms with Crippen molar-refractivity contribution >= 4 is 23.2 Å². The average molecular weight is 263 g/mol. The van der Waals surface area contributed by atoms with Gasteiger partial charge in [0.05, 0.1) is 5.52 Å². The summed E-state index contributed by atoms with van der Waals surface area (Å²) in [6.07, 6.45) is 4.82. The van der Waals surface area contributed by atoms with Crippen LogP contribution in [0.4, 0.5) is 0 Å². The first-order valence-electron chi connectivity index (χ1n) is 6.81. The molecule has 0 aliphatic carbocycles. The molecular weight excluding hydrogens is 246 g/mol. The molecule has 0 bridgehead atoms. The summed E-state index contributed by atoms with van der Waals surface area (Å²) in [5.74, 6) is 0. The van der Waals surface area contributed by atoms with Crippen LogP contribution in [0.3, 0.4) is 0 Å². The standard InChI is InChI=1S/C18H17NO/c20-13-11-17-14-16-8-4-5-9-18(16)19(17)12-10-15-6-2-1-3-7-15/h1-10,12,14,20H,11,13H2. The van der Waals surface area contributed by atoms with Crippen LogP contribution in [0, 0.1) is 0 Å². The second-order valence-electron chi connectivity index (χ2n) is 4.76. The molecule has 2 nitrogen and oxygen atoms in total. The van der Waals surface area contributed by atoms with Gasteiger partial charge in [-0.2, -0.15) is 0 Å². The summed E-state index contributed by atoms with van der Waals surface area (Å²) in [5.41, 5.74) is 3.46. The Labute approximate surface area is 118 Å². The molecule has 0 unspecified atom stereocenters. The van der Waals surface area contributed by atoms with E-state index in [1.54, 1.807) is 0 Å². The van der Waals surface area contributed by atoms with Crippen molar-refractivity contribution in [3.63, 3.8) is 0 Å². The maximum absolute atomic E-state index is 9.22. The summed E-state index contributed by atoms with van der Waals surface area (Å²) in [6, 6.07) is 20.6. The Balaban J connectivity index is 2.05. The lowest BCUT2D eigenvalue weighted by Crippen LogP contribution is -1.97. The number of rotatable bonds is 4. The Hall–Kier alpha value is -2.32. The number of aliphatic hydroxyl groups is 1. The summed E-state index contributed by atoms with van der Waals surface area (Å²) in [5, 5.41) is 10.4. The first-order valence-corrected chi connectivity index (χ1v) is 6.81. The molecule has 0 aliphatic rings. The average Bonchev–Trinajstić information content (AvgIpc) is 2.84. The van der Waals surface area contributed by atoms with E-state index in [-0.39, 0.29) is 6.61 Å². The smallest absolute Gasteiger partial charge is 0.0525 e. The molecule has 20 heavy (non-hydrogen) atoms. The number of aromatic nitrogens is 1. The van der Waals surface area contributed by atoms with Crippen LogP contribution in [-0.4, -0.2) is 16.3 Å². The van der Waals surface area contributed by atoms with Crippen molar-refractivity contribution in [1.29, 1.82) is 0 Å². The molecule has 0 amide bonds. The van der Waals surface area contributed by atoms with Gasteiger partial charge in [0.2, 0.25) is 0 Å². The van der Waals surface area contributed by atoms with Crippen molar-refractivity contribution in [2.24, 2.45) is 0 Å². The number of nitrogens with zero attached hydrogens (tertiary/aromatic N) is 1. The van der Waals surface area contributed by atoms with E-state index < -0.39 is 0 Å². The quantitative estimate of drug-likeness (QED) is 0.761. The number of hydrogen-bond acceptors (Lipinski definition) is 1. The van der Waals surface area contributed by atoms with Crippen LogP contribution >= 0.6 is 0 Å². The molecule has 0 fully saturated rings. The highest BCUT2D eigenvalue weighted by Gasteiger charge is 2.05. The second-order valence-corrected chi connectivity index (χ2v) is 4.76. The van der Waals surface area contributed by atoms with E-state index in [0.717, 1.165) is 5.69 Å². The van der Waals surface area contributed by atoms with Gasteiger partial charge in [0.1, 0.15) is 0 Å². The Bertz CT molecular complexity index is 726. The Morgan fingerprint density at radius 3 is 2.50 bits per heavy atom. The van der Waals surface area contributed by atoms with E-state index in [1.807, 2.05) is 30.3 Å². The second kappa shape index (κ2) is 5.76. The molecule has 1 N–H and O–H groups in total. The molecule has 1 aromatic heterocycles. The summed E-state index contributed by atoms with van der Waals surface area (Å²) in [7, 11) is 0. The zero-order chi connectivity index (χ0) is 13.8. The van der Waals surface area contributed by atoms with Crippen molar-refractivity contribution in [3.8, 4) is 0 Å². The molecule has 0 saturated heterocycles. The van der Waals surface area contributed by atoms with Gasteiger partial charge in [-0.05, 0) is 23.8 Å². The first-order chi connectivity index (χ1) is 9.88. The van der Waals surface area contributed by atoms with Crippen LogP contribution in [0.15, 0.2) is 60.7 Å². The van der Waals surface area contributed by atoms with Crippen LogP contribution in [0.5, 0.6) is 0 Å². The number of benzene rings is 2. The van der Waals surface area contributed by atoms with Gasteiger partial charge >= 0.3 is 0 Å². The minimum absolute atomic E-state index is 0.162. The lowest BCUT2D eigenvalue weighted by Gasteiger charge is -2.04. The summed E-state index contributed by atoms with van der Waals surface area (Å²) < 4.78 is 2.15. The fourth-order valence-corrected chi connectivity index (χ4v) is 2.44.